The van der Waals surface area contributed by atoms with Crippen LogP contribution in [-0.2, 0) is 11.2 Å². The van der Waals surface area contributed by atoms with Crippen LogP contribution in [0.2, 0.25) is 0 Å². The molecule has 2 heterocycles. The number of nitriles is 1. The molecule has 1 aliphatic rings. The maximum Gasteiger partial charge on any atom is 0.249 e. The summed E-state index contributed by atoms with van der Waals surface area (Å²) in [6.07, 6.45) is -0.690. The largest absolute Gasteiger partial charge is 0.389 e. The fraction of sp³-hybridized carbons (Fsp3) is 0.333. The smallest absolute Gasteiger partial charge is 0.249 e. The fourth-order valence-corrected chi connectivity index (χ4v) is 4.01. The van der Waals surface area contributed by atoms with Crippen LogP contribution >= 0.6 is 11.8 Å². The predicted molar refractivity (Wildman–Crippen MR) is 98.2 cm³/mol. The van der Waals surface area contributed by atoms with E-state index in [2.05, 4.69) is 11.1 Å². The molecule has 2 aromatic rings. The van der Waals surface area contributed by atoms with Crippen molar-refractivity contribution in [2.75, 3.05) is 11.6 Å². The first kappa shape index (κ1) is 18.2. The van der Waals surface area contributed by atoms with Gasteiger partial charge in [-0.2, -0.15) is 5.26 Å². The van der Waals surface area contributed by atoms with Gasteiger partial charge in [-0.3, -0.25) is 14.6 Å². The molecule has 0 bridgehead atoms. The van der Waals surface area contributed by atoms with Gasteiger partial charge in [-0.1, -0.05) is 6.07 Å². The summed E-state index contributed by atoms with van der Waals surface area (Å²) in [6, 6.07) is 8.30. The SMILES string of the molecule is C[C@@H](O)c1ccc2nc(CC(=O)N3CSC[C@H]3C#N)cc(C(N)=O)c2c1. The number of nitrogens with two attached hydrogens (primary N) is 1. The quantitative estimate of drug-likeness (QED) is 0.838. The van der Waals surface area contributed by atoms with E-state index in [1.54, 1.807) is 25.1 Å². The van der Waals surface area contributed by atoms with Crippen molar-refractivity contribution in [2.24, 2.45) is 5.73 Å². The predicted octanol–water partition coefficient (Wildman–Crippen LogP) is 1.35. The van der Waals surface area contributed by atoms with E-state index in [-0.39, 0.29) is 17.9 Å². The lowest BCUT2D eigenvalue weighted by Gasteiger charge is -2.18. The molecule has 2 amide bonds. The number of primary amides is 1. The number of carbonyl (C=O) groups excluding carboxylic acids is 2. The minimum Gasteiger partial charge on any atom is -0.389 e. The van der Waals surface area contributed by atoms with Crippen LogP contribution < -0.4 is 5.73 Å². The standard InChI is InChI=1S/C18H18N4O3S/c1-10(23)11-2-3-16-14(4-11)15(18(20)25)5-12(21-16)6-17(24)22-9-26-8-13(22)7-19/h2-5,10,13,23H,6,8-9H2,1H3,(H2,20,25)/t10-,13-/m1/s1. The Balaban J connectivity index is 1.97. The summed E-state index contributed by atoms with van der Waals surface area (Å²) >= 11 is 1.53. The molecule has 0 radical (unpaired) electrons. The number of pyridine rings is 1. The van der Waals surface area contributed by atoms with Gasteiger partial charge < -0.3 is 15.7 Å². The van der Waals surface area contributed by atoms with Gasteiger partial charge in [0.25, 0.3) is 0 Å². The maximum absolute atomic E-state index is 12.5. The topological polar surface area (TPSA) is 120 Å². The maximum atomic E-state index is 12.5. The minimum absolute atomic E-state index is 0.00683. The molecule has 1 aromatic heterocycles. The summed E-state index contributed by atoms with van der Waals surface area (Å²) in [5.41, 5.74) is 7.36. The summed E-state index contributed by atoms with van der Waals surface area (Å²) < 4.78 is 0. The van der Waals surface area contributed by atoms with Crippen LogP contribution in [0.15, 0.2) is 24.3 Å². The number of amides is 2. The second kappa shape index (κ2) is 7.32. The summed E-state index contributed by atoms with van der Waals surface area (Å²) in [4.78, 5) is 30.4. The molecule has 1 aromatic carbocycles. The normalized spacial score (nSPS) is 17.9. The van der Waals surface area contributed by atoms with E-state index in [4.69, 9.17) is 11.0 Å². The first-order valence-electron chi connectivity index (χ1n) is 8.09. The third kappa shape index (κ3) is 3.49. The molecule has 1 fully saturated rings. The number of aromatic nitrogens is 1. The van der Waals surface area contributed by atoms with Gasteiger partial charge >= 0.3 is 0 Å². The molecule has 3 rings (SSSR count). The zero-order valence-corrected chi connectivity index (χ0v) is 15.0. The molecule has 0 aliphatic carbocycles. The number of aliphatic hydroxyl groups excluding tert-OH is 1. The van der Waals surface area contributed by atoms with Crippen molar-refractivity contribution < 1.29 is 14.7 Å². The number of rotatable bonds is 4. The van der Waals surface area contributed by atoms with E-state index in [1.165, 1.54) is 22.7 Å². The number of hydrogen-bond donors (Lipinski definition) is 2. The van der Waals surface area contributed by atoms with Crippen LogP contribution in [-0.4, -0.2) is 44.5 Å². The van der Waals surface area contributed by atoms with E-state index >= 15 is 0 Å². The average Bonchev–Trinajstić information content (AvgIpc) is 3.09. The van der Waals surface area contributed by atoms with Gasteiger partial charge in [0.1, 0.15) is 6.04 Å². The van der Waals surface area contributed by atoms with Crippen molar-refractivity contribution in [1.82, 2.24) is 9.88 Å². The zero-order valence-electron chi connectivity index (χ0n) is 14.2. The highest BCUT2D eigenvalue weighted by atomic mass is 32.2. The Bertz CT molecular complexity index is 923. The molecule has 0 unspecified atom stereocenters. The monoisotopic (exact) mass is 370 g/mol. The Morgan fingerprint density at radius 2 is 2.27 bits per heavy atom. The third-order valence-corrected chi connectivity index (χ3v) is 5.33. The number of hydrogen-bond acceptors (Lipinski definition) is 6. The van der Waals surface area contributed by atoms with E-state index in [9.17, 15) is 14.7 Å². The van der Waals surface area contributed by atoms with Gasteiger partial charge in [-0.15, -0.1) is 11.8 Å². The van der Waals surface area contributed by atoms with Crippen LogP contribution in [0.1, 0.15) is 34.6 Å². The molecule has 1 saturated heterocycles. The zero-order chi connectivity index (χ0) is 18.8. The lowest BCUT2D eigenvalue weighted by Crippen LogP contribution is -2.36. The highest BCUT2D eigenvalue weighted by Crippen LogP contribution is 2.25. The molecule has 8 heteroatoms. The molecule has 3 N–H and O–H groups in total. The summed E-state index contributed by atoms with van der Waals surface area (Å²) in [6.45, 7) is 1.63. The van der Waals surface area contributed by atoms with Gasteiger partial charge in [0.2, 0.25) is 11.8 Å². The Morgan fingerprint density at radius 1 is 1.50 bits per heavy atom. The van der Waals surface area contributed by atoms with Crippen LogP contribution in [0, 0.1) is 11.3 Å². The van der Waals surface area contributed by atoms with Crippen molar-refractivity contribution in [3.8, 4) is 6.07 Å². The first-order valence-corrected chi connectivity index (χ1v) is 9.24. The van der Waals surface area contributed by atoms with Gasteiger partial charge in [0.15, 0.2) is 0 Å². The Labute approximate surface area is 154 Å². The van der Waals surface area contributed by atoms with E-state index in [0.29, 0.717) is 33.8 Å². The van der Waals surface area contributed by atoms with Crippen LogP contribution in [0.4, 0.5) is 0 Å². The van der Waals surface area contributed by atoms with Crippen LogP contribution in [0.25, 0.3) is 10.9 Å². The average molecular weight is 370 g/mol. The van der Waals surface area contributed by atoms with Crippen molar-refractivity contribution in [2.45, 2.75) is 25.5 Å². The highest BCUT2D eigenvalue weighted by Gasteiger charge is 2.29. The first-order chi connectivity index (χ1) is 12.4. The number of nitrogens with zero attached hydrogens (tertiary/aromatic N) is 3. The lowest BCUT2D eigenvalue weighted by atomic mass is 10.0. The molecule has 7 nitrogen and oxygen atoms in total. The van der Waals surface area contributed by atoms with Crippen molar-refractivity contribution in [3.05, 3.63) is 41.1 Å². The Hall–Kier alpha value is -2.63. The second-order valence-corrected chi connectivity index (χ2v) is 7.16. The van der Waals surface area contributed by atoms with Crippen molar-refractivity contribution in [1.29, 1.82) is 5.26 Å². The number of thioether (sulfide) groups is 1. The molecule has 0 spiro atoms. The van der Waals surface area contributed by atoms with E-state index < -0.39 is 18.1 Å². The highest BCUT2D eigenvalue weighted by molar-refractivity contribution is 7.99. The van der Waals surface area contributed by atoms with E-state index in [1.807, 2.05) is 0 Å². The van der Waals surface area contributed by atoms with Gasteiger partial charge in [-0.05, 0) is 30.7 Å². The number of aliphatic hydroxyl groups is 1. The second-order valence-electron chi connectivity index (χ2n) is 6.16. The summed E-state index contributed by atoms with van der Waals surface area (Å²) in [7, 11) is 0. The fourth-order valence-electron chi connectivity index (χ4n) is 2.90. The molecule has 26 heavy (non-hydrogen) atoms. The third-order valence-electron chi connectivity index (χ3n) is 4.32. The number of fused-ring (bicyclic) bond motifs is 1. The van der Waals surface area contributed by atoms with Gasteiger partial charge in [0, 0.05) is 11.1 Å². The Kier molecular flexibility index (Phi) is 5.11. The number of carbonyl (C=O) groups is 2. The summed E-state index contributed by atoms with van der Waals surface area (Å²) in [5, 5.41) is 19.4. The molecule has 134 valence electrons. The van der Waals surface area contributed by atoms with Crippen molar-refractivity contribution >= 4 is 34.5 Å². The van der Waals surface area contributed by atoms with Crippen molar-refractivity contribution in [3.63, 3.8) is 0 Å². The van der Waals surface area contributed by atoms with Gasteiger partial charge in [-0.25, -0.2) is 0 Å². The van der Waals surface area contributed by atoms with Crippen LogP contribution in [0.3, 0.4) is 0 Å². The molecule has 0 saturated carbocycles. The Morgan fingerprint density at radius 3 is 2.92 bits per heavy atom. The molecular formula is C18H18N4O3S. The number of benzene rings is 1. The van der Waals surface area contributed by atoms with Gasteiger partial charge in [0.05, 0.1) is 41.2 Å². The summed E-state index contributed by atoms with van der Waals surface area (Å²) in [5.74, 6) is 0.248. The minimum atomic E-state index is -0.683. The van der Waals surface area contributed by atoms with E-state index in [0.717, 1.165) is 0 Å². The lowest BCUT2D eigenvalue weighted by molar-refractivity contribution is -0.130. The molecule has 2 atom stereocenters. The molecular weight excluding hydrogens is 352 g/mol. The molecule has 1 aliphatic heterocycles. The van der Waals surface area contributed by atoms with Crippen LogP contribution in [0.5, 0.6) is 0 Å².